The Morgan fingerprint density at radius 1 is 1.33 bits per heavy atom. The lowest BCUT2D eigenvalue weighted by Gasteiger charge is -2.42. The maximum Gasteiger partial charge on any atom is 0.158 e. The first kappa shape index (κ1) is 12.4. The van der Waals surface area contributed by atoms with Gasteiger partial charge < -0.3 is 0 Å². The molecule has 0 saturated heterocycles. The lowest BCUT2D eigenvalue weighted by Crippen LogP contribution is -2.36. The van der Waals surface area contributed by atoms with Crippen LogP contribution in [0.15, 0.2) is 12.2 Å². The molecule has 3 fully saturated rings. The van der Waals surface area contributed by atoms with Crippen LogP contribution in [0.2, 0.25) is 0 Å². The van der Waals surface area contributed by atoms with Gasteiger partial charge in [0.15, 0.2) is 5.78 Å². The van der Waals surface area contributed by atoms with Gasteiger partial charge in [0.05, 0.1) is 0 Å². The summed E-state index contributed by atoms with van der Waals surface area (Å²) in [6.07, 6.45) is 9.08. The highest BCUT2D eigenvalue weighted by molar-refractivity contribution is 5.94. The molecule has 0 spiro atoms. The number of carbonyl (C=O) groups excluding carboxylic acids is 1. The van der Waals surface area contributed by atoms with Gasteiger partial charge in [0.25, 0.3) is 0 Å². The van der Waals surface area contributed by atoms with E-state index in [1.54, 1.807) is 0 Å². The summed E-state index contributed by atoms with van der Waals surface area (Å²) in [6, 6.07) is 0. The van der Waals surface area contributed by atoms with Crippen LogP contribution in [0.3, 0.4) is 0 Å². The zero-order valence-corrected chi connectivity index (χ0v) is 11.9. The van der Waals surface area contributed by atoms with E-state index in [0.29, 0.717) is 11.2 Å². The Balaban J connectivity index is 1.82. The van der Waals surface area contributed by atoms with E-state index < -0.39 is 0 Å². The average Bonchev–Trinajstić information content (AvgIpc) is 2.99. The Labute approximate surface area is 111 Å². The summed E-state index contributed by atoms with van der Waals surface area (Å²) in [5.74, 6) is 4.10. The molecule has 5 unspecified atom stereocenters. The molecule has 1 nitrogen and oxygen atoms in total. The molecule has 0 N–H and O–H groups in total. The van der Waals surface area contributed by atoms with Gasteiger partial charge in [-0.1, -0.05) is 19.9 Å². The maximum atomic E-state index is 12.1. The number of Topliss-reactive ketones (excluding diaryl/α,β-unsaturated/α-hetero) is 1. The Bertz CT molecular complexity index is 383. The van der Waals surface area contributed by atoms with E-state index in [1.807, 2.05) is 6.92 Å². The number of hydrogen-bond acceptors (Lipinski definition) is 1. The van der Waals surface area contributed by atoms with Gasteiger partial charge in [0, 0.05) is 6.42 Å². The van der Waals surface area contributed by atoms with Crippen molar-refractivity contribution in [3.8, 4) is 0 Å². The summed E-state index contributed by atoms with van der Waals surface area (Å²) in [5.41, 5.74) is 1.10. The minimum Gasteiger partial charge on any atom is -0.295 e. The lowest BCUT2D eigenvalue weighted by atomic mass is 9.62. The van der Waals surface area contributed by atoms with Gasteiger partial charge in [-0.05, 0) is 73.7 Å². The van der Waals surface area contributed by atoms with E-state index in [1.165, 1.54) is 38.5 Å². The lowest BCUT2D eigenvalue weighted by molar-refractivity contribution is -0.119. The van der Waals surface area contributed by atoms with Crippen LogP contribution < -0.4 is 0 Å². The largest absolute Gasteiger partial charge is 0.295 e. The van der Waals surface area contributed by atoms with Gasteiger partial charge >= 0.3 is 0 Å². The molecule has 1 heteroatoms. The summed E-state index contributed by atoms with van der Waals surface area (Å²) in [5, 5.41) is 0. The topological polar surface area (TPSA) is 17.1 Å². The van der Waals surface area contributed by atoms with Crippen molar-refractivity contribution in [1.29, 1.82) is 0 Å². The molecule has 2 bridgehead atoms. The van der Waals surface area contributed by atoms with E-state index in [9.17, 15) is 4.79 Å². The van der Waals surface area contributed by atoms with Crippen molar-refractivity contribution in [2.75, 3.05) is 0 Å². The third-order valence-corrected chi connectivity index (χ3v) is 6.45. The quantitative estimate of drug-likeness (QED) is 0.673. The molecule has 3 saturated carbocycles. The first-order chi connectivity index (χ1) is 8.57. The van der Waals surface area contributed by atoms with Crippen LogP contribution >= 0.6 is 0 Å². The molecule has 0 aromatic rings. The fraction of sp³-hybridized carbons (Fsp3) is 0.824. The highest BCUT2D eigenvalue weighted by Crippen LogP contribution is 2.67. The molecule has 3 aliphatic carbocycles. The van der Waals surface area contributed by atoms with Crippen LogP contribution in [0.5, 0.6) is 0 Å². The smallest absolute Gasteiger partial charge is 0.158 e. The Morgan fingerprint density at radius 2 is 2.06 bits per heavy atom. The summed E-state index contributed by atoms with van der Waals surface area (Å²) in [6.45, 7) is 8.02. The van der Waals surface area contributed by atoms with Crippen molar-refractivity contribution in [3.63, 3.8) is 0 Å². The molecule has 3 aliphatic rings. The molecule has 0 aliphatic heterocycles. The first-order valence-electron chi connectivity index (χ1n) is 7.76. The Hall–Kier alpha value is -0.590. The summed E-state index contributed by atoms with van der Waals surface area (Å²) in [7, 11) is 0. The third kappa shape index (κ3) is 1.62. The molecule has 0 aromatic heterocycles. The third-order valence-electron chi connectivity index (χ3n) is 6.45. The maximum absolute atomic E-state index is 12.1. The highest BCUT2D eigenvalue weighted by atomic mass is 16.1. The average molecular weight is 246 g/mol. The predicted molar refractivity (Wildman–Crippen MR) is 74.2 cm³/mol. The molecule has 100 valence electrons. The van der Waals surface area contributed by atoms with Crippen LogP contribution in [0, 0.1) is 29.1 Å². The molecular weight excluding hydrogens is 220 g/mol. The van der Waals surface area contributed by atoms with Crippen molar-refractivity contribution >= 4 is 5.78 Å². The van der Waals surface area contributed by atoms with Crippen LogP contribution in [0.4, 0.5) is 0 Å². The molecule has 0 radical (unpaired) electrons. The number of hydrogen-bond donors (Lipinski definition) is 0. The van der Waals surface area contributed by atoms with Crippen molar-refractivity contribution in [2.24, 2.45) is 29.1 Å². The van der Waals surface area contributed by atoms with Gasteiger partial charge in [0.2, 0.25) is 0 Å². The molecule has 18 heavy (non-hydrogen) atoms. The standard InChI is InChI=1S/C17H26O/c1-4-17(10-16(18)11(2)3)9-12-8-15(17)14-7-5-6-13(12)14/h12-15H,2,4-10H2,1,3H3. The summed E-state index contributed by atoms with van der Waals surface area (Å²) >= 11 is 0. The molecule has 0 amide bonds. The van der Waals surface area contributed by atoms with Crippen LogP contribution in [-0.4, -0.2) is 5.78 Å². The highest BCUT2D eigenvalue weighted by Gasteiger charge is 2.60. The number of carbonyl (C=O) groups is 1. The second-order valence-electron chi connectivity index (χ2n) is 7.16. The van der Waals surface area contributed by atoms with Crippen LogP contribution in [0.25, 0.3) is 0 Å². The summed E-state index contributed by atoms with van der Waals surface area (Å²) in [4.78, 5) is 12.1. The van der Waals surface area contributed by atoms with Crippen molar-refractivity contribution in [3.05, 3.63) is 12.2 Å². The number of fused-ring (bicyclic) bond motifs is 5. The van der Waals surface area contributed by atoms with E-state index in [4.69, 9.17) is 0 Å². The Morgan fingerprint density at radius 3 is 2.72 bits per heavy atom. The second kappa shape index (κ2) is 4.21. The fourth-order valence-electron chi connectivity index (χ4n) is 5.60. The van der Waals surface area contributed by atoms with Crippen molar-refractivity contribution in [1.82, 2.24) is 0 Å². The van der Waals surface area contributed by atoms with Crippen molar-refractivity contribution < 1.29 is 4.79 Å². The van der Waals surface area contributed by atoms with Gasteiger partial charge in [-0.25, -0.2) is 0 Å². The molecule has 0 aromatic carbocycles. The monoisotopic (exact) mass is 246 g/mol. The van der Waals surface area contributed by atoms with Crippen molar-refractivity contribution in [2.45, 2.75) is 58.8 Å². The number of allylic oxidation sites excluding steroid dienone is 1. The minimum atomic E-state index is 0.318. The van der Waals surface area contributed by atoms with Gasteiger partial charge in [-0.15, -0.1) is 0 Å². The normalized spacial score (nSPS) is 45.2. The number of ketones is 1. The van der Waals surface area contributed by atoms with E-state index in [0.717, 1.165) is 35.7 Å². The van der Waals surface area contributed by atoms with Gasteiger partial charge in [-0.2, -0.15) is 0 Å². The minimum absolute atomic E-state index is 0.318. The molecule has 3 rings (SSSR count). The fourth-order valence-corrected chi connectivity index (χ4v) is 5.60. The van der Waals surface area contributed by atoms with Gasteiger partial charge in [-0.3, -0.25) is 4.79 Å². The first-order valence-corrected chi connectivity index (χ1v) is 7.76. The van der Waals surface area contributed by atoms with E-state index in [2.05, 4.69) is 13.5 Å². The second-order valence-corrected chi connectivity index (χ2v) is 7.16. The molecule has 0 heterocycles. The van der Waals surface area contributed by atoms with E-state index in [-0.39, 0.29) is 0 Å². The predicted octanol–water partition coefficient (Wildman–Crippen LogP) is 4.37. The Kier molecular flexibility index (Phi) is 2.91. The summed E-state index contributed by atoms with van der Waals surface area (Å²) < 4.78 is 0. The van der Waals surface area contributed by atoms with Crippen LogP contribution in [0.1, 0.15) is 58.8 Å². The van der Waals surface area contributed by atoms with Crippen LogP contribution in [-0.2, 0) is 4.79 Å². The zero-order valence-electron chi connectivity index (χ0n) is 11.9. The molecular formula is C17H26O. The zero-order chi connectivity index (χ0) is 12.9. The van der Waals surface area contributed by atoms with Gasteiger partial charge in [0.1, 0.15) is 0 Å². The number of rotatable bonds is 4. The molecule has 5 atom stereocenters. The SMILES string of the molecule is C=C(C)C(=O)CC1(CC)CC2CC1C1CCCC21. The van der Waals surface area contributed by atoms with E-state index >= 15 is 0 Å².